The molecule has 4 nitrogen and oxygen atoms in total. The number of hydrogen-bond donors (Lipinski definition) is 0. The predicted molar refractivity (Wildman–Crippen MR) is 99.5 cm³/mol. The Kier molecular flexibility index (Phi) is 8.82. The van der Waals surface area contributed by atoms with Crippen LogP contribution < -0.4 is 0 Å². The lowest BCUT2D eigenvalue weighted by molar-refractivity contribution is -0.266. The van der Waals surface area contributed by atoms with Crippen molar-refractivity contribution in [3.05, 3.63) is 0 Å². The molecule has 0 aromatic carbocycles. The number of carbonyl (C=O) groups excluding carboxylic acids is 1. The van der Waals surface area contributed by atoms with E-state index in [2.05, 4.69) is 13.8 Å². The second-order valence-corrected chi connectivity index (χ2v) is 8.11. The lowest BCUT2D eigenvalue weighted by atomic mass is 9.67. The second-order valence-electron chi connectivity index (χ2n) is 8.11. The lowest BCUT2D eigenvalue weighted by Gasteiger charge is -2.47. The van der Waals surface area contributed by atoms with Gasteiger partial charge in [-0.25, -0.2) is 4.39 Å². The van der Waals surface area contributed by atoms with E-state index in [0.717, 1.165) is 25.7 Å². The Hall–Kier alpha value is -0.680. The fraction of sp³-hybridized carbons (Fsp3) is 0.952. The average molecular weight is 373 g/mol. The first-order valence-electron chi connectivity index (χ1n) is 10.6. The molecule has 0 bridgehead atoms. The molecule has 0 amide bonds. The van der Waals surface area contributed by atoms with Crippen LogP contribution in [0, 0.1) is 17.3 Å². The van der Waals surface area contributed by atoms with Crippen LogP contribution in [0.1, 0.15) is 78.6 Å². The van der Waals surface area contributed by atoms with Crippen molar-refractivity contribution in [1.29, 1.82) is 0 Å². The highest BCUT2D eigenvalue weighted by Gasteiger charge is 2.49. The van der Waals surface area contributed by atoms with Crippen LogP contribution in [0.4, 0.5) is 4.39 Å². The van der Waals surface area contributed by atoms with E-state index in [1.165, 1.54) is 19.3 Å². The summed E-state index contributed by atoms with van der Waals surface area (Å²) in [6.07, 6.45) is 6.44. The van der Waals surface area contributed by atoms with Gasteiger partial charge in [0.15, 0.2) is 6.29 Å². The molecule has 1 aliphatic heterocycles. The molecule has 2 fully saturated rings. The zero-order valence-electron chi connectivity index (χ0n) is 16.8. The molecule has 1 aliphatic carbocycles. The molecule has 2 rings (SSSR count). The first kappa shape index (κ1) is 21.6. The SMILES string of the molecule is CCCCCC1COC(C2(CC)CCC(C(=O)OCCC)C(F)C2)OC1. The van der Waals surface area contributed by atoms with Gasteiger partial charge in [0.05, 0.1) is 25.7 Å². The van der Waals surface area contributed by atoms with Crippen molar-refractivity contribution in [3.8, 4) is 0 Å². The zero-order valence-corrected chi connectivity index (χ0v) is 16.8. The third-order valence-corrected chi connectivity index (χ3v) is 6.13. The Balaban J connectivity index is 1.87. The quantitative estimate of drug-likeness (QED) is 0.420. The fourth-order valence-corrected chi connectivity index (χ4v) is 4.28. The Morgan fingerprint density at radius 1 is 1.15 bits per heavy atom. The van der Waals surface area contributed by atoms with Crippen molar-refractivity contribution in [2.24, 2.45) is 17.3 Å². The van der Waals surface area contributed by atoms with Gasteiger partial charge >= 0.3 is 5.97 Å². The molecule has 1 heterocycles. The summed E-state index contributed by atoms with van der Waals surface area (Å²) < 4.78 is 32.1. The molecular weight excluding hydrogens is 335 g/mol. The Labute approximate surface area is 158 Å². The number of esters is 1. The predicted octanol–water partition coefficient (Wildman–Crippen LogP) is 5.04. The molecule has 5 heteroatoms. The molecule has 3 atom stereocenters. The van der Waals surface area contributed by atoms with Gasteiger partial charge in [0.1, 0.15) is 6.17 Å². The largest absolute Gasteiger partial charge is 0.465 e. The number of halogens is 1. The maximum atomic E-state index is 14.8. The smallest absolute Gasteiger partial charge is 0.311 e. The number of unbranched alkanes of at least 4 members (excludes halogenated alkanes) is 2. The topological polar surface area (TPSA) is 44.8 Å². The minimum atomic E-state index is -1.18. The molecule has 0 spiro atoms. The van der Waals surface area contributed by atoms with E-state index in [9.17, 15) is 9.18 Å². The number of alkyl halides is 1. The first-order chi connectivity index (χ1) is 12.6. The minimum absolute atomic E-state index is 0.320. The first-order valence-corrected chi connectivity index (χ1v) is 10.6. The fourth-order valence-electron chi connectivity index (χ4n) is 4.28. The van der Waals surface area contributed by atoms with Crippen LogP contribution in [0.3, 0.4) is 0 Å². The minimum Gasteiger partial charge on any atom is -0.465 e. The highest BCUT2D eigenvalue weighted by Crippen LogP contribution is 2.48. The standard InChI is InChI=1S/C21H37FO4/c1-4-7-8-9-16-14-25-20(26-15-16)21(6-3)11-10-17(18(22)13-21)19(23)24-12-5-2/h16-18,20H,4-15H2,1-3H3. The van der Waals surface area contributed by atoms with Crippen LogP contribution in [0.2, 0.25) is 0 Å². The van der Waals surface area contributed by atoms with Gasteiger partial charge in [-0.1, -0.05) is 40.0 Å². The highest BCUT2D eigenvalue weighted by molar-refractivity contribution is 5.73. The zero-order chi connectivity index (χ0) is 19.0. The molecule has 1 saturated carbocycles. The number of hydrogen-bond acceptors (Lipinski definition) is 4. The molecule has 0 aromatic rings. The van der Waals surface area contributed by atoms with Gasteiger partial charge in [-0.2, -0.15) is 0 Å². The van der Waals surface area contributed by atoms with E-state index in [-0.39, 0.29) is 17.7 Å². The van der Waals surface area contributed by atoms with Crippen molar-refractivity contribution in [2.45, 2.75) is 91.0 Å². The summed E-state index contributed by atoms with van der Waals surface area (Å²) in [4.78, 5) is 12.1. The lowest BCUT2D eigenvalue weighted by Crippen LogP contribution is -2.50. The summed E-state index contributed by atoms with van der Waals surface area (Å²) in [6.45, 7) is 8.00. The van der Waals surface area contributed by atoms with Crippen molar-refractivity contribution in [1.82, 2.24) is 0 Å². The molecule has 0 N–H and O–H groups in total. The third-order valence-electron chi connectivity index (χ3n) is 6.13. The van der Waals surface area contributed by atoms with Crippen molar-refractivity contribution >= 4 is 5.97 Å². The van der Waals surface area contributed by atoms with Gasteiger partial charge in [0.25, 0.3) is 0 Å². The molecule has 152 valence electrons. The second kappa shape index (κ2) is 10.6. The highest BCUT2D eigenvalue weighted by atomic mass is 19.1. The van der Waals surface area contributed by atoms with E-state index in [1.54, 1.807) is 0 Å². The summed E-state index contributed by atoms with van der Waals surface area (Å²) in [5.41, 5.74) is -0.324. The maximum absolute atomic E-state index is 14.8. The summed E-state index contributed by atoms with van der Waals surface area (Å²) in [5.74, 6) is -0.564. The number of carbonyl (C=O) groups is 1. The van der Waals surface area contributed by atoms with Crippen LogP contribution in [0.25, 0.3) is 0 Å². The van der Waals surface area contributed by atoms with Gasteiger partial charge in [-0.3, -0.25) is 4.79 Å². The van der Waals surface area contributed by atoms with Gasteiger partial charge < -0.3 is 14.2 Å². The summed E-state index contributed by atoms with van der Waals surface area (Å²) in [6, 6.07) is 0. The van der Waals surface area contributed by atoms with Crippen LogP contribution in [0.15, 0.2) is 0 Å². The molecule has 26 heavy (non-hydrogen) atoms. The van der Waals surface area contributed by atoms with E-state index >= 15 is 0 Å². The molecule has 2 aliphatic rings. The Morgan fingerprint density at radius 3 is 2.46 bits per heavy atom. The van der Waals surface area contributed by atoms with Gasteiger partial charge in [-0.05, 0) is 38.5 Å². The number of rotatable bonds is 9. The monoisotopic (exact) mass is 372 g/mol. The summed E-state index contributed by atoms with van der Waals surface area (Å²) >= 11 is 0. The summed E-state index contributed by atoms with van der Waals surface area (Å²) in [5, 5.41) is 0. The van der Waals surface area contributed by atoms with E-state index in [1.807, 2.05) is 6.92 Å². The van der Waals surface area contributed by atoms with Gasteiger partial charge in [0.2, 0.25) is 0 Å². The van der Waals surface area contributed by atoms with E-state index in [0.29, 0.717) is 38.6 Å². The Morgan fingerprint density at radius 2 is 1.88 bits per heavy atom. The average Bonchev–Trinajstić information content (AvgIpc) is 2.66. The van der Waals surface area contributed by atoms with Crippen molar-refractivity contribution in [3.63, 3.8) is 0 Å². The van der Waals surface area contributed by atoms with E-state index in [4.69, 9.17) is 14.2 Å². The Bertz CT molecular complexity index is 422. The molecule has 0 radical (unpaired) electrons. The van der Waals surface area contributed by atoms with Crippen molar-refractivity contribution < 1.29 is 23.4 Å². The number of ether oxygens (including phenoxy) is 3. The maximum Gasteiger partial charge on any atom is 0.311 e. The van der Waals surface area contributed by atoms with E-state index < -0.39 is 12.1 Å². The van der Waals surface area contributed by atoms with Crippen LogP contribution in [-0.2, 0) is 19.0 Å². The third kappa shape index (κ3) is 5.41. The van der Waals surface area contributed by atoms with Crippen LogP contribution in [0.5, 0.6) is 0 Å². The molecule has 0 aromatic heterocycles. The van der Waals surface area contributed by atoms with Gasteiger partial charge in [0, 0.05) is 11.3 Å². The normalized spacial score (nSPS) is 35.2. The molecule has 1 saturated heterocycles. The van der Waals surface area contributed by atoms with Crippen LogP contribution >= 0.6 is 0 Å². The van der Waals surface area contributed by atoms with Crippen LogP contribution in [-0.4, -0.2) is 38.3 Å². The summed E-state index contributed by atoms with van der Waals surface area (Å²) in [7, 11) is 0. The molecule has 3 unspecified atom stereocenters. The van der Waals surface area contributed by atoms with Crippen molar-refractivity contribution in [2.75, 3.05) is 19.8 Å². The van der Waals surface area contributed by atoms with Gasteiger partial charge in [-0.15, -0.1) is 0 Å². The molecular formula is C21H37FO4.